The maximum absolute atomic E-state index is 11.3. The molecule has 140 valence electrons. The molecule has 0 radical (unpaired) electrons. The number of para-hydroxylation sites is 1. The Morgan fingerprint density at radius 3 is 2.69 bits per heavy atom. The van der Waals surface area contributed by atoms with E-state index in [-0.39, 0.29) is 0 Å². The number of piperidine rings is 1. The van der Waals surface area contributed by atoms with Gasteiger partial charge in [0.1, 0.15) is 17.1 Å². The van der Waals surface area contributed by atoms with E-state index in [0.717, 1.165) is 29.8 Å². The highest BCUT2D eigenvalue weighted by Crippen LogP contribution is 2.37. The topological polar surface area (TPSA) is 62.2 Å². The van der Waals surface area contributed by atoms with Crippen LogP contribution in [0.1, 0.15) is 30.1 Å². The summed E-state index contributed by atoms with van der Waals surface area (Å²) in [6.45, 7) is 1.78. The molecule has 1 aliphatic heterocycles. The van der Waals surface area contributed by atoms with Crippen molar-refractivity contribution in [3.63, 3.8) is 0 Å². The second kappa shape index (κ2) is 8.08. The van der Waals surface area contributed by atoms with E-state index in [4.69, 9.17) is 9.47 Å². The summed E-state index contributed by atoms with van der Waals surface area (Å²) in [5, 5.41) is 21.9. The number of methoxy groups -OCH3 is 2. The van der Waals surface area contributed by atoms with Gasteiger partial charge in [-0.15, -0.1) is 0 Å². The zero-order valence-corrected chi connectivity index (χ0v) is 15.4. The van der Waals surface area contributed by atoms with Crippen LogP contribution in [0.2, 0.25) is 0 Å². The van der Waals surface area contributed by atoms with Crippen molar-refractivity contribution in [1.82, 2.24) is 4.90 Å². The van der Waals surface area contributed by atoms with E-state index in [9.17, 15) is 10.2 Å². The fourth-order valence-corrected chi connectivity index (χ4v) is 3.73. The minimum atomic E-state index is -0.973. The quantitative estimate of drug-likeness (QED) is 0.832. The first kappa shape index (κ1) is 18.7. The van der Waals surface area contributed by atoms with Gasteiger partial charge in [0.05, 0.1) is 20.3 Å². The van der Waals surface area contributed by atoms with Crippen LogP contribution in [0.25, 0.3) is 0 Å². The van der Waals surface area contributed by atoms with Gasteiger partial charge in [-0.2, -0.15) is 0 Å². The first-order valence-electron chi connectivity index (χ1n) is 8.96. The molecule has 2 aromatic carbocycles. The van der Waals surface area contributed by atoms with Gasteiger partial charge in [0.15, 0.2) is 0 Å². The number of ether oxygens (including phenoxy) is 2. The molecule has 1 fully saturated rings. The molecule has 0 unspecified atom stereocenters. The normalized spacial score (nSPS) is 22.0. The van der Waals surface area contributed by atoms with Crippen LogP contribution in [0, 0.1) is 0 Å². The van der Waals surface area contributed by atoms with Gasteiger partial charge in [0.25, 0.3) is 0 Å². The van der Waals surface area contributed by atoms with E-state index in [1.165, 1.54) is 0 Å². The Bertz CT molecular complexity index is 735. The van der Waals surface area contributed by atoms with Crippen molar-refractivity contribution < 1.29 is 19.7 Å². The largest absolute Gasteiger partial charge is 0.497 e. The molecular weight excluding hydrogens is 330 g/mol. The zero-order valence-electron chi connectivity index (χ0n) is 15.4. The Kier molecular flexibility index (Phi) is 5.81. The highest BCUT2D eigenvalue weighted by Gasteiger charge is 2.37. The summed E-state index contributed by atoms with van der Waals surface area (Å²) in [4.78, 5) is 2.11. The minimum Gasteiger partial charge on any atom is -0.497 e. The summed E-state index contributed by atoms with van der Waals surface area (Å²) < 4.78 is 10.7. The third-order valence-corrected chi connectivity index (χ3v) is 5.07. The summed E-state index contributed by atoms with van der Waals surface area (Å²) in [5.74, 6) is 1.43. The second-order valence-corrected chi connectivity index (χ2v) is 6.86. The van der Waals surface area contributed by atoms with Gasteiger partial charge in [-0.3, -0.25) is 4.90 Å². The molecule has 0 bridgehead atoms. The molecule has 0 spiro atoms. The summed E-state index contributed by atoms with van der Waals surface area (Å²) in [5.41, 5.74) is 0.651. The number of rotatable bonds is 6. The number of hydrogen-bond acceptors (Lipinski definition) is 5. The van der Waals surface area contributed by atoms with E-state index in [2.05, 4.69) is 4.90 Å². The lowest BCUT2D eigenvalue weighted by atomic mass is 9.85. The Morgan fingerprint density at radius 2 is 1.92 bits per heavy atom. The molecule has 1 saturated heterocycles. The van der Waals surface area contributed by atoms with Gasteiger partial charge in [0, 0.05) is 18.7 Å². The maximum atomic E-state index is 11.3. The smallest absolute Gasteiger partial charge is 0.124 e. The second-order valence-electron chi connectivity index (χ2n) is 6.86. The number of likely N-dealkylation sites (tertiary alicyclic amines) is 1. The van der Waals surface area contributed by atoms with E-state index in [0.29, 0.717) is 25.3 Å². The standard InChI is InChI=1S/C21H27NO4/c1-25-17-8-5-7-16(13-17)19(23)14-22-12-6-11-21(24,15-22)18-9-3-4-10-20(18)26-2/h3-5,7-10,13,19,23-24H,6,11-12,14-15H2,1-2H3/t19-,21-/m0/s1. The van der Waals surface area contributed by atoms with Crippen LogP contribution < -0.4 is 9.47 Å². The first-order valence-corrected chi connectivity index (χ1v) is 8.96. The van der Waals surface area contributed by atoms with Crippen LogP contribution in [-0.4, -0.2) is 49.0 Å². The molecule has 0 aromatic heterocycles. The Labute approximate surface area is 154 Å². The molecule has 3 rings (SSSR count). The number of nitrogens with zero attached hydrogens (tertiary/aromatic N) is 1. The van der Waals surface area contributed by atoms with E-state index in [1.54, 1.807) is 14.2 Å². The van der Waals surface area contributed by atoms with Crippen molar-refractivity contribution >= 4 is 0 Å². The molecule has 5 heteroatoms. The third kappa shape index (κ3) is 4.01. The van der Waals surface area contributed by atoms with Gasteiger partial charge in [-0.25, -0.2) is 0 Å². The van der Waals surface area contributed by atoms with Crippen molar-refractivity contribution in [3.8, 4) is 11.5 Å². The Morgan fingerprint density at radius 1 is 1.12 bits per heavy atom. The Balaban J connectivity index is 1.73. The minimum absolute atomic E-state index is 0.463. The van der Waals surface area contributed by atoms with Gasteiger partial charge in [-0.05, 0) is 43.1 Å². The van der Waals surface area contributed by atoms with Gasteiger partial charge in [-0.1, -0.05) is 30.3 Å². The van der Waals surface area contributed by atoms with Crippen LogP contribution in [0.5, 0.6) is 11.5 Å². The van der Waals surface area contributed by atoms with Crippen molar-refractivity contribution in [1.29, 1.82) is 0 Å². The monoisotopic (exact) mass is 357 g/mol. The number of hydrogen-bond donors (Lipinski definition) is 2. The molecule has 1 aliphatic rings. The van der Waals surface area contributed by atoms with Crippen molar-refractivity contribution in [2.75, 3.05) is 33.9 Å². The first-order chi connectivity index (χ1) is 12.6. The Hall–Kier alpha value is -2.08. The zero-order chi connectivity index (χ0) is 18.6. The van der Waals surface area contributed by atoms with Crippen molar-refractivity contribution in [2.45, 2.75) is 24.5 Å². The SMILES string of the molecule is COc1cccc([C@@H](O)CN2CCC[C@@](O)(c3ccccc3OC)C2)c1. The summed E-state index contributed by atoms with van der Waals surface area (Å²) in [7, 11) is 3.23. The van der Waals surface area contributed by atoms with E-state index < -0.39 is 11.7 Å². The summed E-state index contributed by atoms with van der Waals surface area (Å²) >= 11 is 0. The van der Waals surface area contributed by atoms with Crippen LogP contribution in [0.4, 0.5) is 0 Å². The predicted octanol–water partition coefficient (Wildman–Crippen LogP) is 2.72. The molecular formula is C21H27NO4. The summed E-state index contributed by atoms with van der Waals surface area (Å²) in [6.07, 6.45) is 0.906. The third-order valence-electron chi connectivity index (χ3n) is 5.07. The van der Waals surface area contributed by atoms with Crippen LogP contribution in [-0.2, 0) is 5.60 Å². The van der Waals surface area contributed by atoms with Crippen molar-refractivity contribution in [3.05, 3.63) is 59.7 Å². The fraction of sp³-hybridized carbons (Fsp3) is 0.429. The molecule has 1 heterocycles. The van der Waals surface area contributed by atoms with Crippen LogP contribution >= 0.6 is 0 Å². The molecule has 26 heavy (non-hydrogen) atoms. The number of benzene rings is 2. The lowest BCUT2D eigenvalue weighted by Crippen LogP contribution is -2.47. The molecule has 0 saturated carbocycles. The van der Waals surface area contributed by atoms with Gasteiger partial charge < -0.3 is 19.7 Å². The molecule has 2 N–H and O–H groups in total. The average Bonchev–Trinajstić information content (AvgIpc) is 2.68. The van der Waals surface area contributed by atoms with E-state index in [1.807, 2.05) is 48.5 Å². The number of aliphatic hydroxyl groups is 2. The molecule has 0 aliphatic carbocycles. The molecule has 0 amide bonds. The van der Waals surface area contributed by atoms with Crippen LogP contribution in [0.3, 0.4) is 0 Å². The molecule has 2 atom stereocenters. The summed E-state index contributed by atoms with van der Waals surface area (Å²) in [6, 6.07) is 15.1. The van der Waals surface area contributed by atoms with Crippen LogP contribution in [0.15, 0.2) is 48.5 Å². The molecule has 2 aromatic rings. The fourth-order valence-electron chi connectivity index (χ4n) is 3.73. The highest BCUT2D eigenvalue weighted by molar-refractivity contribution is 5.38. The number of aliphatic hydroxyl groups excluding tert-OH is 1. The van der Waals surface area contributed by atoms with E-state index >= 15 is 0 Å². The van der Waals surface area contributed by atoms with Gasteiger partial charge >= 0.3 is 0 Å². The lowest BCUT2D eigenvalue weighted by Gasteiger charge is -2.40. The predicted molar refractivity (Wildman–Crippen MR) is 101 cm³/mol. The number of β-amino-alcohol motifs (C(OH)–C–C–N with tert-alkyl or cyclic N) is 2. The van der Waals surface area contributed by atoms with Crippen molar-refractivity contribution in [2.24, 2.45) is 0 Å². The average molecular weight is 357 g/mol. The lowest BCUT2D eigenvalue weighted by molar-refractivity contribution is -0.0474. The maximum Gasteiger partial charge on any atom is 0.124 e. The van der Waals surface area contributed by atoms with Gasteiger partial charge in [0.2, 0.25) is 0 Å². The highest BCUT2D eigenvalue weighted by atomic mass is 16.5. The molecule has 5 nitrogen and oxygen atoms in total.